The smallest absolute Gasteiger partial charge is 0.411 e. The van der Waals surface area contributed by atoms with Gasteiger partial charge in [-0.15, -0.1) is 0 Å². The van der Waals surface area contributed by atoms with E-state index in [0.29, 0.717) is 24.1 Å². The van der Waals surface area contributed by atoms with E-state index < -0.39 is 32.3 Å². The van der Waals surface area contributed by atoms with Crippen LogP contribution < -0.4 is 20.3 Å². The highest BCUT2D eigenvalue weighted by Gasteiger charge is 2.31. The van der Waals surface area contributed by atoms with Crippen molar-refractivity contribution in [1.29, 1.82) is 0 Å². The predicted octanol–water partition coefficient (Wildman–Crippen LogP) is 4.98. The molecule has 0 fully saturated rings. The fraction of sp³-hybridized carbons (Fsp3) is 0.233. The van der Waals surface area contributed by atoms with Crippen LogP contribution in [0.2, 0.25) is 0 Å². The average Bonchev–Trinajstić information content (AvgIpc) is 2.99. The van der Waals surface area contributed by atoms with Crippen molar-refractivity contribution in [2.24, 2.45) is 0 Å². The number of carbonyl (C=O) groups is 1. The normalized spacial score (nSPS) is 11.1. The van der Waals surface area contributed by atoms with Gasteiger partial charge in [-0.3, -0.25) is 14.7 Å². The maximum Gasteiger partial charge on any atom is 0.411 e. The largest absolute Gasteiger partial charge is 0.494 e. The molecule has 11 nitrogen and oxygen atoms in total. The standard InChI is InChI=1S/C30H31N3O8S/c1-5-6-10-25-32-28(34)27(29(35)33(25)26-23(39-2)8-7-9-24(26)40-3)42(37,38)22-17-13-20(14-18-22)19-11-15-21(16-12-19)31-30(36)41-4/h7-9,11-18,35H,5-6,10H2,1-4H3,(H,31,36). The molecule has 0 atom stereocenters. The maximum atomic E-state index is 13.8. The quantitative estimate of drug-likeness (QED) is 0.260. The van der Waals surface area contributed by atoms with Crippen LogP contribution >= 0.6 is 0 Å². The second kappa shape index (κ2) is 12.8. The first kappa shape index (κ1) is 30.1. The minimum Gasteiger partial charge on any atom is -0.494 e. The number of sulfone groups is 1. The molecule has 220 valence electrons. The van der Waals surface area contributed by atoms with E-state index in [4.69, 9.17) is 9.47 Å². The lowest BCUT2D eigenvalue weighted by Crippen LogP contribution is -2.25. The first-order valence-electron chi connectivity index (χ1n) is 13.0. The van der Waals surface area contributed by atoms with Crippen LogP contribution in [0.15, 0.2) is 81.3 Å². The van der Waals surface area contributed by atoms with E-state index >= 15 is 0 Å². The molecule has 1 heterocycles. The fourth-order valence-corrected chi connectivity index (χ4v) is 5.76. The summed E-state index contributed by atoms with van der Waals surface area (Å²) >= 11 is 0. The summed E-state index contributed by atoms with van der Waals surface area (Å²) in [6, 6.07) is 17.7. The summed E-state index contributed by atoms with van der Waals surface area (Å²) in [5, 5.41) is 14.0. The third kappa shape index (κ3) is 5.93. The van der Waals surface area contributed by atoms with Crippen LogP contribution in [-0.2, 0) is 21.0 Å². The van der Waals surface area contributed by atoms with Crippen molar-refractivity contribution in [2.45, 2.75) is 36.0 Å². The molecule has 0 aliphatic carbocycles. The summed E-state index contributed by atoms with van der Waals surface area (Å²) < 4.78 is 44.3. The van der Waals surface area contributed by atoms with E-state index in [1.54, 1.807) is 54.6 Å². The Morgan fingerprint density at radius 3 is 2.02 bits per heavy atom. The molecule has 1 aromatic heterocycles. The zero-order valence-corrected chi connectivity index (χ0v) is 24.4. The number of methoxy groups -OCH3 is 3. The van der Waals surface area contributed by atoms with Gasteiger partial charge < -0.3 is 19.3 Å². The first-order chi connectivity index (χ1) is 20.2. The Kier molecular flexibility index (Phi) is 9.16. The van der Waals surface area contributed by atoms with Crippen LogP contribution in [0.4, 0.5) is 10.5 Å². The Bertz CT molecular complexity index is 1730. The molecule has 1 amide bonds. The molecule has 0 radical (unpaired) electrons. The van der Waals surface area contributed by atoms with Gasteiger partial charge in [0.25, 0.3) is 5.56 Å². The summed E-state index contributed by atoms with van der Waals surface area (Å²) in [7, 11) is -0.394. The van der Waals surface area contributed by atoms with Gasteiger partial charge in [0.1, 0.15) is 23.0 Å². The fourth-order valence-electron chi connectivity index (χ4n) is 4.42. The van der Waals surface area contributed by atoms with E-state index in [9.17, 15) is 23.1 Å². The van der Waals surface area contributed by atoms with Gasteiger partial charge >= 0.3 is 6.09 Å². The number of unbranched alkanes of at least 4 members (excludes halogenated alkanes) is 1. The summed E-state index contributed by atoms with van der Waals surface area (Å²) in [6.07, 6.45) is 1.10. The Labute approximate surface area is 243 Å². The van der Waals surface area contributed by atoms with Gasteiger partial charge in [0, 0.05) is 12.1 Å². The van der Waals surface area contributed by atoms with Crippen LogP contribution in [0.3, 0.4) is 0 Å². The van der Waals surface area contributed by atoms with Gasteiger partial charge in [-0.25, -0.2) is 13.2 Å². The number of aromatic nitrogens is 2. The monoisotopic (exact) mass is 593 g/mol. The molecule has 2 N–H and O–H groups in total. The predicted molar refractivity (Wildman–Crippen MR) is 157 cm³/mol. The van der Waals surface area contributed by atoms with E-state index in [1.165, 1.54) is 38.0 Å². The Morgan fingerprint density at radius 2 is 1.50 bits per heavy atom. The second-order valence-corrected chi connectivity index (χ2v) is 11.0. The Morgan fingerprint density at radius 1 is 0.929 bits per heavy atom. The zero-order valence-electron chi connectivity index (χ0n) is 23.6. The lowest BCUT2D eigenvalue weighted by molar-refractivity contribution is 0.187. The molecule has 4 aromatic rings. The van der Waals surface area contributed by atoms with Crippen molar-refractivity contribution in [3.05, 3.63) is 82.9 Å². The molecule has 0 aliphatic rings. The number of hydrogen-bond donors (Lipinski definition) is 2. The number of ether oxygens (including phenoxy) is 3. The summed E-state index contributed by atoms with van der Waals surface area (Å²) in [4.78, 5) is 27.6. The molecule has 4 rings (SSSR count). The third-order valence-corrected chi connectivity index (χ3v) is 8.35. The van der Waals surface area contributed by atoms with Crippen LogP contribution in [0, 0.1) is 0 Å². The van der Waals surface area contributed by atoms with Gasteiger partial charge in [-0.2, -0.15) is 4.98 Å². The van der Waals surface area contributed by atoms with Crippen LogP contribution in [0.25, 0.3) is 16.8 Å². The number of aromatic hydroxyl groups is 1. The molecule has 3 aromatic carbocycles. The number of amides is 1. The van der Waals surface area contributed by atoms with Crippen molar-refractivity contribution in [1.82, 2.24) is 9.55 Å². The van der Waals surface area contributed by atoms with Gasteiger partial charge in [0.15, 0.2) is 4.90 Å². The van der Waals surface area contributed by atoms with E-state index in [-0.39, 0.29) is 27.9 Å². The number of anilines is 1. The van der Waals surface area contributed by atoms with Crippen molar-refractivity contribution < 1.29 is 32.5 Å². The molecule has 0 aliphatic heterocycles. The molecule has 12 heteroatoms. The highest BCUT2D eigenvalue weighted by Crippen LogP contribution is 2.38. The maximum absolute atomic E-state index is 13.8. The van der Waals surface area contributed by atoms with E-state index in [0.717, 1.165) is 12.0 Å². The number of para-hydroxylation sites is 1. The van der Waals surface area contributed by atoms with Crippen molar-refractivity contribution in [3.63, 3.8) is 0 Å². The Balaban J connectivity index is 1.81. The summed E-state index contributed by atoms with van der Waals surface area (Å²) in [5.74, 6) is -0.0510. The summed E-state index contributed by atoms with van der Waals surface area (Å²) in [6.45, 7) is 1.96. The zero-order chi connectivity index (χ0) is 30.4. The minimum absolute atomic E-state index is 0.168. The van der Waals surface area contributed by atoms with Crippen LogP contribution in [0.5, 0.6) is 17.4 Å². The van der Waals surface area contributed by atoms with Crippen molar-refractivity contribution >= 4 is 21.6 Å². The van der Waals surface area contributed by atoms with Gasteiger partial charge in [-0.1, -0.05) is 43.7 Å². The number of aryl methyl sites for hydroxylation is 1. The number of nitrogens with one attached hydrogen (secondary N) is 1. The second-order valence-electron chi connectivity index (χ2n) is 9.16. The van der Waals surface area contributed by atoms with Crippen molar-refractivity contribution in [3.8, 4) is 34.2 Å². The summed E-state index contributed by atoms with van der Waals surface area (Å²) in [5.41, 5.74) is 1.12. The molecule has 0 spiro atoms. The van der Waals surface area contributed by atoms with Crippen molar-refractivity contribution in [2.75, 3.05) is 26.6 Å². The molecular weight excluding hydrogens is 562 g/mol. The molecule has 0 saturated carbocycles. The lowest BCUT2D eigenvalue weighted by Gasteiger charge is -2.21. The van der Waals surface area contributed by atoms with Gasteiger partial charge in [-0.05, 0) is 53.9 Å². The Hall–Kier alpha value is -4.84. The van der Waals surface area contributed by atoms with Gasteiger partial charge in [0.2, 0.25) is 15.7 Å². The van der Waals surface area contributed by atoms with E-state index in [2.05, 4.69) is 15.0 Å². The van der Waals surface area contributed by atoms with Crippen LogP contribution in [0.1, 0.15) is 25.6 Å². The average molecular weight is 594 g/mol. The third-order valence-electron chi connectivity index (χ3n) is 6.56. The number of nitrogens with zero attached hydrogens (tertiary/aromatic N) is 2. The molecule has 42 heavy (non-hydrogen) atoms. The molecule has 0 unspecified atom stereocenters. The van der Waals surface area contributed by atoms with Crippen LogP contribution in [-0.4, -0.2) is 50.5 Å². The topological polar surface area (TPSA) is 146 Å². The lowest BCUT2D eigenvalue weighted by atomic mass is 10.1. The minimum atomic E-state index is -4.52. The molecule has 0 bridgehead atoms. The van der Waals surface area contributed by atoms with Gasteiger partial charge in [0.05, 0.1) is 26.2 Å². The first-order valence-corrected chi connectivity index (χ1v) is 14.5. The number of rotatable bonds is 10. The number of carbonyl (C=O) groups excluding carboxylic acids is 1. The highest BCUT2D eigenvalue weighted by atomic mass is 32.2. The molecular formula is C30H31N3O8S. The van der Waals surface area contributed by atoms with E-state index in [1.807, 2.05) is 6.92 Å². The number of hydrogen-bond acceptors (Lipinski definition) is 9. The molecule has 0 saturated heterocycles. The number of benzene rings is 3. The highest BCUT2D eigenvalue weighted by molar-refractivity contribution is 7.91. The SMILES string of the molecule is CCCCc1nc(=O)c(S(=O)(=O)c2ccc(-c3ccc(NC(=O)OC)cc3)cc2)c(O)n1-c1c(OC)cccc1OC.